The highest BCUT2D eigenvalue weighted by Gasteiger charge is 2.09. The molecule has 0 atom stereocenters. The molecule has 3 rings (SSSR count). The fourth-order valence-corrected chi connectivity index (χ4v) is 2.20. The van der Waals surface area contributed by atoms with E-state index < -0.39 is 0 Å². The number of nitrogens with zero attached hydrogens (tertiary/aromatic N) is 2. The zero-order valence-corrected chi connectivity index (χ0v) is 10.7. The Kier molecular flexibility index (Phi) is 2.23. The fraction of sp³-hybridized carbons (Fsp3) is 0.200. The molecule has 0 fully saturated rings. The Morgan fingerprint density at radius 2 is 1.61 bits per heavy atom. The Morgan fingerprint density at radius 1 is 0.889 bits per heavy atom. The number of phenolic OH excluding ortho intramolecular Hbond substituents is 1. The number of aromatic hydroxyl groups is 1. The van der Waals surface area contributed by atoms with E-state index in [1.54, 1.807) is 6.07 Å². The van der Waals surface area contributed by atoms with Crippen LogP contribution in [0.3, 0.4) is 0 Å². The van der Waals surface area contributed by atoms with Crippen molar-refractivity contribution in [3.05, 3.63) is 41.0 Å². The predicted molar refractivity (Wildman–Crippen MR) is 72.9 cm³/mol. The van der Waals surface area contributed by atoms with Gasteiger partial charge in [-0.25, -0.2) is 9.97 Å². The molecule has 90 valence electrons. The summed E-state index contributed by atoms with van der Waals surface area (Å²) < 4.78 is 0. The second-order valence-electron chi connectivity index (χ2n) is 4.75. The van der Waals surface area contributed by atoms with Crippen LogP contribution in [0.25, 0.3) is 22.1 Å². The highest BCUT2D eigenvalue weighted by Crippen LogP contribution is 2.27. The molecule has 1 aromatic heterocycles. The number of rotatable bonds is 0. The molecule has 18 heavy (non-hydrogen) atoms. The van der Waals surface area contributed by atoms with Crippen molar-refractivity contribution in [1.29, 1.82) is 0 Å². The monoisotopic (exact) mass is 238 g/mol. The topological polar surface area (TPSA) is 46.0 Å². The molecule has 0 bridgehead atoms. The second-order valence-corrected chi connectivity index (χ2v) is 4.75. The minimum atomic E-state index is 0.192. The van der Waals surface area contributed by atoms with Crippen LogP contribution in [-0.2, 0) is 0 Å². The molecule has 1 N–H and O–H groups in total. The summed E-state index contributed by atoms with van der Waals surface area (Å²) in [5.41, 5.74) is 6.37. The van der Waals surface area contributed by atoms with Crippen LogP contribution in [0, 0.1) is 20.8 Å². The van der Waals surface area contributed by atoms with Crippen LogP contribution in [0.4, 0.5) is 0 Å². The average Bonchev–Trinajstić information content (AvgIpc) is 2.33. The van der Waals surface area contributed by atoms with Crippen molar-refractivity contribution in [3.63, 3.8) is 0 Å². The average molecular weight is 238 g/mol. The first-order chi connectivity index (χ1) is 8.56. The van der Waals surface area contributed by atoms with Crippen LogP contribution in [0.5, 0.6) is 5.75 Å². The van der Waals surface area contributed by atoms with Crippen molar-refractivity contribution in [2.45, 2.75) is 20.8 Å². The maximum absolute atomic E-state index is 9.93. The SMILES string of the molecule is Cc1cc(O)c2nc3ccc(C)c(C)c3nc2c1. The van der Waals surface area contributed by atoms with Crippen molar-refractivity contribution in [2.24, 2.45) is 0 Å². The zero-order chi connectivity index (χ0) is 12.9. The second kappa shape index (κ2) is 3.67. The summed E-state index contributed by atoms with van der Waals surface area (Å²) in [4.78, 5) is 9.14. The summed E-state index contributed by atoms with van der Waals surface area (Å²) in [6.07, 6.45) is 0. The minimum absolute atomic E-state index is 0.192. The highest BCUT2D eigenvalue weighted by atomic mass is 16.3. The van der Waals surface area contributed by atoms with Gasteiger partial charge in [-0.1, -0.05) is 6.07 Å². The molecule has 0 saturated heterocycles. The smallest absolute Gasteiger partial charge is 0.143 e. The summed E-state index contributed by atoms with van der Waals surface area (Å²) >= 11 is 0. The van der Waals surface area contributed by atoms with E-state index in [2.05, 4.69) is 16.9 Å². The van der Waals surface area contributed by atoms with E-state index in [-0.39, 0.29) is 5.75 Å². The maximum atomic E-state index is 9.93. The molecule has 0 aliphatic carbocycles. The number of aryl methyl sites for hydroxylation is 3. The normalized spacial score (nSPS) is 11.3. The molecule has 0 unspecified atom stereocenters. The molecular weight excluding hydrogens is 224 g/mol. The number of aromatic nitrogens is 2. The van der Waals surface area contributed by atoms with E-state index in [1.807, 2.05) is 32.0 Å². The van der Waals surface area contributed by atoms with Crippen molar-refractivity contribution in [1.82, 2.24) is 9.97 Å². The summed E-state index contributed by atoms with van der Waals surface area (Å²) in [6, 6.07) is 7.64. The third kappa shape index (κ3) is 1.51. The van der Waals surface area contributed by atoms with Gasteiger partial charge in [0.15, 0.2) is 0 Å². The molecular formula is C15H14N2O. The van der Waals surface area contributed by atoms with Gasteiger partial charge in [0, 0.05) is 0 Å². The molecule has 0 aliphatic heterocycles. The van der Waals surface area contributed by atoms with Crippen LogP contribution in [0.2, 0.25) is 0 Å². The van der Waals surface area contributed by atoms with E-state index in [9.17, 15) is 5.11 Å². The number of hydrogen-bond donors (Lipinski definition) is 1. The van der Waals surface area contributed by atoms with Crippen LogP contribution in [0.1, 0.15) is 16.7 Å². The lowest BCUT2D eigenvalue weighted by Crippen LogP contribution is -1.93. The summed E-state index contributed by atoms with van der Waals surface area (Å²) in [5, 5.41) is 9.93. The maximum Gasteiger partial charge on any atom is 0.143 e. The quantitative estimate of drug-likeness (QED) is 0.610. The molecule has 0 aliphatic rings. The molecule has 0 radical (unpaired) electrons. The highest BCUT2D eigenvalue weighted by molar-refractivity contribution is 5.91. The van der Waals surface area contributed by atoms with Crippen molar-refractivity contribution < 1.29 is 5.11 Å². The Hall–Kier alpha value is -2.16. The van der Waals surface area contributed by atoms with Crippen LogP contribution < -0.4 is 0 Å². The van der Waals surface area contributed by atoms with E-state index in [0.717, 1.165) is 27.7 Å². The Labute approximate surface area is 105 Å². The third-order valence-corrected chi connectivity index (χ3v) is 3.36. The Bertz CT molecular complexity index is 778. The van der Waals surface area contributed by atoms with Crippen LogP contribution in [-0.4, -0.2) is 15.1 Å². The number of hydrogen-bond acceptors (Lipinski definition) is 3. The molecule has 0 amide bonds. The van der Waals surface area contributed by atoms with Gasteiger partial charge in [-0.3, -0.25) is 0 Å². The van der Waals surface area contributed by atoms with E-state index >= 15 is 0 Å². The fourth-order valence-electron chi connectivity index (χ4n) is 2.20. The minimum Gasteiger partial charge on any atom is -0.506 e. The molecule has 3 heteroatoms. The summed E-state index contributed by atoms with van der Waals surface area (Å²) in [6.45, 7) is 6.05. The predicted octanol–water partition coefficient (Wildman–Crippen LogP) is 3.41. The first-order valence-electron chi connectivity index (χ1n) is 5.93. The van der Waals surface area contributed by atoms with E-state index in [0.29, 0.717) is 5.52 Å². The van der Waals surface area contributed by atoms with Gasteiger partial charge in [0.2, 0.25) is 0 Å². The van der Waals surface area contributed by atoms with Gasteiger partial charge in [-0.2, -0.15) is 0 Å². The zero-order valence-electron chi connectivity index (χ0n) is 10.7. The lowest BCUT2D eigenvalue weighted by atomic mass is 10.1. The van der Waals surface area contributed by atoms with Gasteiger partial charge in [-0.05, 0) is 55.7 Å². The molecule has 0 saturated carbocycles. The molecule has 3 nitrogen and oxygen atoms in total. The van der Waals surface area contributed by atoms with Gasteiger partial charge in [0.25, 0.3) is 0 Å². The number of benzene rings is 2. The van der Waals surface area contributed by atoms with Crippen LogP contribution >= 0.6 is 0 Å². The lowest BCUT2D eigenvalue weighted by Gasteiger charge is -2.07. The van der Waals surface area contributed by atoms with E-state index in [1.165, 1.54) is 5.56 Å². The van der Waals surface area contributed by atoms with Gasteiger partial charge < -0.3 is 5.11 Å². The first kappa shape index (κ1) is 11.0. The van der Waals surface area contributed by atoms with E-state index in [4.69, 9.17) is 0 Å². The Morgan fingerprint density at radius 3 is 2.39 bits per heavy atom. The van der Waals surface area contributed by atoms with Crippen molar-refractivity contribution >= 4 is 22.1 Å². The number of fused-ring (bicyclic) bond motifs is 2. The first-order valence-corrected chi connectivity index (χ1v) is 5.93. The largest absolute Gasteiger partial charge is 0.506 e. The van der Waals surface area contributed by atoms with Crippen LogP contribution in [0.15, 0.2) is 24.3 Å². The summed E-state index contributed by atoms with van der Waals surface area (Å²) in [7, 11) is 0. The standard InChI is InChI=1S/C15H14N2O/c1-8-6-12-15(13(18)7-8)16-11-5-4-9(2)10(3)14(11)17-12/h4-7,18H,1-3H3. The van der Waals surface area contributed by atoms with Crippen molar-refractivity contribution in [2.75, 3.05) is 0 Å². The van der Waals surface area contributed by atoms with Crippen molar-refractivity contribution in [3.8, 4) is 5.75 Å². The van der Waals surface area contributed by atoms with Gasteiger partial charge in [0.1, 0.15) is 11.3 Å². The number of phenols is 1. The summed E-state index contributed by atoms with van der Waals surface area (Å²) in [5.74, 6) is 0.192. The van der Waals surface area contributed by atoms with Gasteiger partial charge in [0.05, 0.1) is 16.6 Å². The van der Waals surface area contributed by atoms with Gasteiger partial charge in [-0.15, -0.1) is 0 Å². The molecule has 1 heterocycles. The third-order valence-electron chi connectivity index (χ3n) is 3.36. The molecule has 2 aromatic carbocycles. The molecule has 3 aromatic rings. The van der Waals surface area contributed by atoms with Gasteiger partial charge >= 0.3 is 0 Å². The molecule has 0 spiro atoms. The lowest BCUT2D eigenvalue weighted by molar-refractivity contribution is 0.480. The Balaban J connectivity index is 2.51.